The van der Waals surface area contributed by atoms with E-state index in [2.05, 4.69) is 15.8 Å². The lowest BCUT2D eigenvalue weighted by Gasteiger charge is -2.08. The first kappa shape index (κ1) is 19.8. The molecule has 2 aromatic carbocycles. The Morgan fingerprint density at radius 3 is 2.32 bits per heavy atom. The molecule has 3 aromatic rings. The van der Waals surface area contributed by atoms with Crippen LogP contribution < -0.4 is 10.7 Å². The summed E-state index contributed by atoms with van der Waals surface area (Å²) in [6.07, 6.45) is 0. The number of halogens is 1. The fourth-order valence-corrected chi connectivity index (χ4v) is 3.44. The first-order chi connectivity index (χ1) is 13.4. The highest BCUT2D eigenvalue weighted by atomic mass is 35.5. The molecule has 0 saturated heterocycles. The molecule has 0 fully saturated rings. The summed E-state index contributed by atoms with van der Waals surface area (Å²) in [7, 11) is 0. The number of rotatable bonds is 5. The molecule has 0 atom stereocenters. The highest BCUT2D eigenvalue weighted by Gasteiger charge is 2.10. The molecule has 0 unspecified atom stereocenters. The van der Waals surface area contributed by atoms with Crippen LogP contribution in [0, 0.1) is 6.92 Å². The van der Waals surface area contributed by atoms with Gasteiger partial charge >= 0.3 is 0 Å². The molecule has 7 heteroatoms. The molecule has 0 saturated carbocycles. The Labute approximate surface area is 172 Å². The van der Waals surface area contributed by atoms with E-state index in [1.165, 1.54) is 11.3 Å². The lowest BCUT2D eigenvalue weighted by molar-refractivity contribution is 0.0958. The van der Waals surface area contributed by atoms with Gasteiger partial charge < -0.3 is 5.32 Å². The summed E-state index contributed by atoms with van der Waals surface area (Å²) < 4.78 is 0.550. The smallest absolute Gasteiger partial charge is 0.281 e. The van der Waals surface area contributed by atoms with Crippen molar-refractivity contribution < 1.29 is 9.59 Å². The van der Waals surface area contributed by atoms with Gasteiger partial charge in [0.1, 0.15) is 0 Å². The van der Waals surface area contributed by atoms with Crippen molar-refractivity contribution in [1.29, 1.82) is 0 Å². The van der Waals surface area contributed by atoms with E-state index in [4.69, 9.17) is 11.6 Å². The van der Waals surface area contributed by atoms with E-state index in [1.807, 2.05) is 37.3 Å². The van der Waals surface area contributed by atoms with Crippen molar-refractivity contribution in [3.63, 3.8) is 0 Å². The summed E-state index contributed by atoms with van der Waals surface area (Å²) in [6, 6.07) is 18.0. The Balaban J connectivity index is 1.64. The first-order valence-corrected chi connectivity index (χ1v) is 9.71. The molecule has 5 nitrogen and oxygen atoms in total. The highest BCUT2D eigenvalue weighted by Crippen LogP contribution is 2.21. The number of anilines is 1. The topological polar surface area (TPSA) is 70.6 Å². The molecule has 2 amide bonds. The minimum atomic E-state index is -0.307. The van der Waals surface area contributed by atoms with Crippen molar-refractivity contribution in [3.8, 4) is 0 Å². The second-order valence-corrected chi connectivity index (χ2v) is 7.80. The van der Waals surface area contributed by atoms with Crippen LogP contribution in [0.5, 0.6) is 0 Å². The molecule has 0 aliphatic carbocycles. The van der Waals surface area contributed by atoms with Crippen LogP contribution in [0.2, 0.25) is 4.34 Å². The number of carbonyl (C=O) groups is 2. The lowest BCUT2D eigenvalue weighted by Crippen LogP contribution is -2.18. The molecule has 1 heterocycles. The van der Waals surface area contributed by atoms with E-state index < -0.39 is 0 Å². The Kier molecular flexibility index (Phi) is 6.23. The zero-order valence-electron chi connectivity index (χ0n) is 15.3. The number of hydrogen-bond acceptors (Lipinski definition) is 4. The lowest BCUT2D eigenvalue weighted by atomic mass is 10.1. The molecule has 2 N–H and O–H groups in total. The average Bonchev–Trinajstić information content (AvgIpc) is 3.13. The third-order valence-corrected chi connectivity index (χ3v) is 5.30. The van der Waals surface area contributed by atoms with Crippen molar-refractivity contribution >= 4 is 46.2 Å². The summed E-state index contributed by atoms with van der Waals surface area (Å²) in [4.78, 5) is 24.9. The number of nitrogens with one attached hydrogen (secondary N) is 2. The van der Waals surface area contributed by atoms with Gasteiger partial charge in [0.15, 0.2) is 0 Å². The quantitative estimate of drug-likeness (QED) is 0.452. The Hall–Kier alpha value is -2.96. The number of hydrazone groups is 1. The fraction of sp³-hybridized carbons (Fsp3) is 0.0952. The number of aryl methyl sites for hydroxylation is 1. The average molecular weight is 412 g/mol. The first-order valence-electron chi connectivity index (χ1n) is 8.51. The van der Waals surface area contributed by atoms with Crippen molar-refractivity contribution in [2.45, 2.75) is 13.8 Å². The molecular weight excluding hydrogens is 394 g/mol. The van der Waals surface area contributed by atoms with Gasteiger partial charge in [0.25, 0.3) is 11.8 Å². The zero-order valence-corrected chi connectivity index (χ0v) is 16.9. The largest absolute Gasteiger partial charge is 0.322 e. The monoisotopic (exact) mass is 411 g/mol. The van der Waals surface area contributed by atoms with E-state index in [0.717, 1.165) is 11.1 Å². The predicted molar refractivity (Wildman–Crippen MR) is 115 cm³/mol. The van der Waals surface area contributed by atoms with E-state index in [-0.39, 0.29) is 11.8 Å². The number of thiophene rings is 1. The van der Waals surface area contributed by atoms with Crippen LogP contribution in [0.3, 0.4) is 0 Å². The molecule has 3 rings (SSSR count). The van der Waals surface area contributed by atoms with Crippen LogP contribution in [0.15, 0.2) is 65.8 Å². The molecule has 0 bridgehead atoms. The van der Waals surface area contributed by atoms with Crippen LogP contribution in [0.1, 0.15) is 38.1 Å². The van der Waals surface area contributed by atoms with Crippen LogP contribution in [0.4, 0.5) is 5.69 Å². The number of amides is 2. The van der Waals surface area contributed by atoms with Gasteiger partial charge in [-0.3, -0.25) is 9.59 Å². The van der Waals surface area contributed by atoms with E-state index in [0.29, 0.717) is 26.2 Å². The third-order valence-electron chi connectivity index (χ3n) is 4.07. The second kappa shape index (κ2) is 8.82. The molecule has 0 aliphatic rings. The van der Waals surface area contributed by atoms with Crippen LogP contribution in [-0.4, -0.2) is 17.5 Å². The van der Waals surface area contributed by atoms with Gasteiger partial charge in [-0.05, 0) is 55.3 Å². The van der Waals surface area contributed by atoms with Gasteiger partial charge in [-0.1, -0.05) is 41.9 Å². The van der Waals surface area contributed by atoms with E-state index >= 15 is 0 Å². The van der Waals surface area contributed by atoms with Crippen LogP contribution in [0.25, 0.3) is 0 Å². The maximum atomic E-state index is 12.4. The number of benzene rings is 2. The van der Waals surface area contributed by atoms with Crippen molar-refractivity contribution in [1.82, 2.24) is 5.43 Å². The van der Waals surface area contributed by atoms with E-state index in [9.17, 15) is 9.59 Å². The Bertz CT molecular complexity index is 1040. The summed E-state index contributed by atoms with van der Waals surface area (Å²) >= 11 is 7.03. The zero-order chi connectivity index (χ0) is 20.1. The Morgan fingerprint density at radius 2 is 1.68 bits per heavy atom. The molecule has 142 valence electrons. The molecule has 0 radical (unpaired) electrons. The highest BCUT2D eigenvalue weighted by molar-refractivity contribution is 7.17. The number of carbonyl (C=O) groups excluding carboxylic acids is 2. The maximum Gasteiger partial charge on any atom is 0.281 e. The van der Waals surface area contributed by atoms with Gasteiger partial charge in [0.05, 0.1) is 14.9 Å². The number of hydrogen-bond donors (Lipinski definition) is 2. The molecule has 0 aliphatic heterocycles. The van der Waals surface area contributed by atoms with Crippen LogP contribution >= 0.6 is 22.9 Å². The molecule has 28 heavy (non-hydrogen) atoms. The van der Waals surface area contributed by atoms with Gasteiger partial charge in [-0.2, -0.15) is 5.10 Å². The second-order valence-electron chi connectivity index (χ2n) is 6.09. The van der Waals surface area contributed by atoms with Crippen molar-refractivity contribution in [3.05, 3.63) is 86.6 Å². The van der Waals surface area contributed by atoms with Crippen molar-refractivity contribution in [2.75, 3.05) is 5.32 Å². The molecular formula is C21H18ClN3O2S. The molecule has 1 aromatic heterocycles. The molecule has 0 spiro atoms. The SMILES string of the molecule is C/C(=N\NC(=O)c1ccc(Cl)s1)c1ccc(NC(=O)c2ccccc2C)cc1. The maximum absolute atomic E-state index is 12.4. The van der Waals surface area contributed by atoms with Gasteiger partial charge in [0, 0.05) is 11.3 Å². The number of nitrogens with zero attached hydrogens (tertiary/aromatic N) is 1. The van der Waals surface area contributed by atoms with Gasteiger partial charge in [-0.25, -0.2) is 5.43 Å². The summed E-state index contributed by atoms with van der Waals surface area (Å²) in [5.41, 5.74) is 6.23. The van der Waals surface area contributed by atoms with E-state index in [1.54, 1.807) is 37.3 Å². The minimum absolute atomic E-state index is 0.155. The summed E-state index contributed by atoms with van der Waals surface area (Å²) in [5, 5.41) is 7.00. The Morgan fingerprint density at radius 1 is 0.964 bits per heavy atom. The normalized spacial score (nSPS) is 11.2. The minimum Gasteiger partial charge on any atom is -0.322 e. The van der Waals surface area contributed by atoms with Crippen LogP contribution in [-0.2, 0) is 0 Å². The fourth-order valence-electron chi connectivity index (χ4n) is 2.51. The van der Waals surface area contributed by atoms with Gasteiger partial charge in [-0.15, -0.1) is 11.3 Å². The summed E-state index contributed by atoms with van der Waals surface area (Å²) in [6.45, 7) is 3.69. The standard InChI is InChI=1S/C21H18ClN3O2S/c1-13-5-3-4-6-17(13)20(26)23-16-9-7-15(8-10-16)14(2)24-25-21(27)18-11-12-19(22)28-18/h3-12H,1-2H3,(H,23,26)(H,25,27)/b24-14+. The van der Waals surface area contributed by atoms with Gasteiger partial charge in [0.2, 0.25) is 0 Å². The predicted octanol–water partition coefficient (Wildman–Crippen LogP) is 5.12. The van der Waals surface area contributed by atoms with Crippen molar-refractivity contribution in [2.24, 2.45) is 5.10 Å². The summed E-state index contributed by atoms with van der Waals surface area (Å²) in [5.74, 6) is -0.462. The third kappa shape index (κ3) is 4.85.